The Morgan fingerprint density at radius 1 is 0.641 bits per heavy atom. The van der Waals surface area contributed by atoms with Crippen molar-refractivity contribution >= 4 is 34.1 Å². The molecule has 39 heavy (non-hydrogen) atoms. The minimum atomic E-state index is -0.536. The Kier molecular flexibility index (Phi) is 8.43. The number of fused-ring (bicyclic) bond motifs is 3. The zero-order chi connectivity index (χ0) is 25.7. The molecule has 6 aromatic rings. The predicted molar refractivity (Wildman–Crippen MR) is 167 cm³/mol. The van der Waals surface area contributed by atoms with Gasteiger partial charge in [0, 0.05) is 22.9 Å². The summed E-state index contributed by atoms with van der Waals surface area (Å²) in [6.07, 6.45) is 0.407. The normalized spacial score (nSPS) is 11.9. The fourth-order valence-electron chi connectivity index (χ4n) is 5.52. The Morgan fingerprint density at radius 2 is 1.26 bits per heavy atom. The van der Waals surface area contributed by atoms with Gasteiger partial charge < -0.3 is 15.0 Å². The molecular formula is C35H33ClN2O. The first-order valence-electron chi connectivity index (χ1n) is 13.4. The summed E-state index contributed by atoms with van der Waals surface area (Å²) in [6.45, 7) is 1.86. The second-order valence-electron chi connectivity index (χ2n) is 9.84. The van der Waals surface area contributed by atoms with Crippen LogP contribution in [0.25, 0.3) is 44.1 Å². The average molecular weight is 533 g/mol. The lowest BCUT2D eigenvalue weighted by molar-refractivity contribution is 0.154. The summed E-state index contributed by atoms with van der Waals surface area (Å²) in [5.41, 5.74) is 7.16. The third kappa shape index (κ3) is 5.62. The van der Waals surface area contributed by atoms with Gasteiger partial charge in [0.1, 0.15) is 0 Å². The summed E-state index contributed by atoms with van der Waals surface area (Å²) in [7, 11) is 0. The highest BCUT2D eigenvalue weighted by Crippen LogP contribution is 2.43. The Hall–Kier alpha value is -3.89. The van der Waals surface area contributed by atoms with Crippen LogP contribution in [0.3, 0.4) is 0 Å². The second-order valence-corrected chi connectivity index (χ2v) is 9.84. The predicted octanol–water partition coefficient (Wildman–Crippen LogP) is 7.74. The fourth-order valence-corrected chi connectivity index (χ4v) is 5.52. The van der Waals surface area contributed by atoms with Gasteiger partial charge >= 0.3 is 0 Å². The van der Waals surface area contributed by atoms with E-state index in [4.69, 9.17) is 0 Å². The first kappa shape index (κ1) is 26.7. The van der Waals surface area contributed by atoms with E-state index in [0.29, 0.717) is 13.1 Å². The summed E-state index contributed by atoms with van der Waals surface area (Å²) < 4.78 is 2.35. The molecule has 4 heteroatoms. The summed E-state index contributed by atoms with van der Waals surface area (Å²) in [5.74, 6) is 0. The third-order valence-corrected chi connectivity index (χ3v) is 7.26. The molecular weight excluding hydrogens is 500 g/mol. The molecule has 1 atom stereocenters. The van der Waals surface area contributed by atoms with Crippen LogP contribution in [-0.2, 0) is 13.0 Å². The number of rotatable bonds is 9. The van der Waals surface area contributed by atoms with Gasteiger partial charge in [0.25, 0.3) is 0 Å². The van der Waals surface area contributed by atoms with Crippen LogP contribution in [0, 0.1) is 0 Å². The first-order chi connectivity index (χ1) is 18.8. The highest BCUT2D eigenvalue weighted by atomic mass is 35.5. The van der Waals surface area contributed by atoms with E-state index in [9.17, 15) is 5.11 Å². The lowest BCUT2D eigenvalue weighted by Crippen LogP contribution is -2.31. The summed E-state index contributed by atoms with van der Waals surface area (Å²) in [6, 6.07) is 44.7. The van der Waals surface area contributed by atoms with Gasteiger partial charge in [-0.25, -0.2) is 0 Å². The highest BCUT2D eigenvalue weighted by Gasteiger charge is 2.23. The Morgan fingerprint density at radius 3 is 1.97 bits per heavy atom. The molecule has 0 saturated heterocycles. The summed E-state index contributed by atoms with van der Waals surface area (Å²) in [5, 5.41) is 18.4. The molecule has 0 aliphatic heterocycles. The monoisotopic (exact) mass is 532 g/mol. The maximum absolute atomic E-state index is 11.3. The topological polar surface area (TPSA) is 37.2 Å². The smallest absolute Gasteiger partial charge is 0.0843 e. The van der Waals surface area contributed by atoms with Crippen LogP contribution in [0.15, 0.2) is 127 Å². The minimum Gasteiger partial charge on any atom is -0.390 e. The summed E-state index contributed by atoms with van der Waals surface area (Å²) >= 11 is 0. The number of hydrogen-bond donors (Lipinski definition) is 2. The molecule has 3 nitrogen and oxygen atoms in total. The zero-order valence-corrected chi connectivity index (χ0v) is 22.6. The maximum atomic E-state index is 11.3. The SMILES string of the molecule is Cl.OC(CNCCc1ccccc1)Cn1c(-c2ccccc2)c(-c2ccccc2)c2ccc3ccccc3c21. The number of aromatic nitrogens is 1. The number of hydrogen-bond acceptors (Lipinski definition) is 2. The molecule has 196 valence electrons. The van der Waals surface area contributed by atoms with Crippen molar-refractivity contribution in [1.82, 2.24) is 9.88 Å². The number of nitrogens with one attached hydrogen (secondary N) is 1. The highest BCUT2D eigenvalue weighted by molar-refractivity contribution is 6.15. The zero-order valence-electron chi connectivity index (χ0n) is 21.8. The van der Waals surface area contributed by atoms with E-state index in [2.05, 4.69) is 131 Å². The molecule has 0 spiro atoms. The number of aliphatic hydroxyl groups is 1. The van der Waals surface area contributed by atoms with E-state index in [1.165, 1.54) is 38.4 Å². The van der Waals surface area contributed by atoms with Crippen molar-refractivity contribution in [2.45, 2.75) is 19.1 Å². The van der Waals surface area contributed by atoms with Crippen molar-refractivity contribution < 1.29 is 5.11 Å². The molecule has 1 unspecified atom stereocenters. The molecule has 0 saturated carbocycles. The van der Waals surface area contributed by atoms with Crippen molar-refractivity contribution in [3.63, 3.8) is 0 Å². The van der Waals surface area contributed by atoms with Crippen LogP contribution in [0.4, 0.5) is 0 Å². The Bertz CT molecular complexity index is 1650. The lowest BCUT2D eigenvalue weighted by atomic mass is 9.97. The third-order valence-electron chi connectivity index (χ3n) is 7.26. The fraction of sp³-hybridized carbons (Fsp3) is 0.143. The quantitative estimate of drug-likeness (QED) is 0.187. The molecule has 0 aliphatic rings. The van der Waals surface area contributed by atoms with Crippen LogP contribution >= 0.6 is 12.4 Å². The van der Waals surface area contributed by atoms with Crippen LogP contribution in [-0.4, -0.2) is 28.9 Å². The van der Waals surface area contributed by atoms with Gasteiger partial charge in [0.2, 0.25) is 0 Å². The van der Waals surface area contributed by atoms with Gasteiger partial charge in [-0.3, -0.25) is 0 Å². The van der Waals surface area contributed by atoms with E-state index in [1.54, 1.807) is 0 Å². The van der Waals surface area contributed by atoms with Gasteiger partial charge in [-0.1, -0.05) is 127 Å². The van der Waals surface area contributed by atoms with Crippen LogP contribution in [0.5, 0.6) is 0 Å². The van der Waals surface area contributed by atoms with E-state index in [-0.39, 0.29) is 12.4 Å². The molecule has 5 aromatic carbocycles. The van der Waals surface area contributed by atoms with Crippen LogP contribution in [0.1, 0.15) is 5.56 Å². The Labute approximate surface area is 236 Å². The minimum absolute atomic E-state index is 0. The van der Waals surface area contributed by atoms with Crippen molar-refractivity contribution in [3.05, 3.63) is 133 Å². The van der Waals surface area contributed by atoms with E-state index in [0.717, 1.165) is 24.2 Å². The average Bonchev–Trinajstić information content (AvgIpc) is 3.31. The van der Waals surface area contributed by atoms with E-state index >= 15 is 0 Å². The van der Waals surface area contributed by atoms with E-state index < -0.39 is 6.10 Å². The molecule has 1 aromatic heterocycles. The molecule has 0 bridgehead atoms. The number of aliphatic hydroxyl groups excluding tert-OH is 1. The molecule has 1 heterocycles. The number of halogens is 1. The van der Waals surface area contributed by atoms with E-state index in [1.807, 2.05) is 6.07 Å². The van der Waals surface area contributed by atoms with Crippen LogP contribution in [0.2, 0.25) is 0 Å². The largest absolute Gasteiger partial charge is 0.390 e. The van der Waals surface area contributed by atoms with Gasteiger partial charge in [-0.15, -0.1) is 12.4 Å². The molecule has 0 radical (unpaired) electrons. The van der Waals surface area contributed by atoms with Gasteiger partial charge in [0.05, 0.1) is 23.9 Å². The lowest BCUT2D eigenvalue weighted by Gasteiger charge is -2.18. The molecule has 6 rings (SSSR count). The van der Waals surface area contributed by atoms with Crippen molar-refractivity contribution in [1.29, 1.82) is 0 Å². The molecule has 0 aliphatic carbocycles. The first-order valence-corrected chi connectivity index (χ1v) is 13.4. The maximum Gasteiger partial charge on any atom is 0.0843 e. The summed E-state index contributed by atoms with van der Waals surface area (Å²) in [4.78, 5) is 0. The second kappa shape index (κ2) is 12.3. The standard InChI is InChI=1S/C35H32N2O.ClH/c38-30(24-36-23-22-26-12-4-1-5-13-26)25-37-34(29-17-8-3-9-18-29)33(28-15-6-2-7-16-28)32-21-20-27-14-10-11-19-31(27)35(32)37;/h1-21,30,36,38H,22-25H2;1H. The van der Waals surface area contributed by atoms with Gasteiger partial charge in [0.15, 0.2) is 0 Å². The molecule has 0 fully saturated rings. The van der Waals surface area contributed by atoms with Crippen LogP contribution < -0.4 is 5.32 Å². The number of nitrogens with zero attached hydrogens (tertiary/aromatic N) is 1. The number of benzene rings is 5. The van der Waals surface area contributed by atoms with Crippen molar-refractivity contribution in [3.8, 4) is 22.4 Å². The van der Waals surface area contributed by atoms with Crippen molar-refractivity contribution in [2.24, 2.45) is 0 Å². The molecule has 0 amide bonds. The Balaban J connectivity index is 0.00000308. The van der Waals surface area contributed by atoms with Gasteiger partial charge in [-0.2, -0.15) is 0 Å². The van der Waals surface area contributed by atoms with Crippen molar-refractivity contribution in [2.75, 3.05) is 13.1 Å². The molecule has 2 N–H and O–H groups in total. The van der Waals surface area contributed by atoms with Gasteiger partial charge in [-0.05, 0) is 35.0 Å².